The first-order valence-electron chi connectivity index (χ1n) is 7.91. The van der Waals surface area contributed by atoms with Crippen molar-refractivity contribution >= 4 is 11.0 Å². The highest BCUT2D eigenvalue weighted by molar-refractivity contribution is 5.75. The van der Waals surface area contributed by atoms with Crippen LogP contribution in [0.5, 0.6) is 0 Å². The van der Waals surface area contributed by atoms with Crippen LogP contribution >= 0.6 is 0 Å². The average Bonchev–Trinajstić information content (AvgIpc) is 2.77. The van der Waals surface area contributed by atoms with Gasteiger partial charge in [-0.25, -0.2) is 4.98 Å². The normalized spacial score (nSPS) is 23.3. The molecule has 0 amide bonds. The molecule has 2 atom stereocenters. The Balaban J connectivity index is 1.74. The minimum Gasteiger partial charge on any atom is -0.331 e. The second kappa shape index (κ2) is 5.96. The molecule has 108 valence electrons. The Bertz CT molecular complexity index is 571. The van der Waals surface area contributed by atoms with Crippen LogP contribution in [0.4, 0.5) is 0 Å². The third-order valence-electron chi connectivity index (χ3n) is 4.63. The van der Waals surface area contributed by atoms with Gasteiger partial charge >= 0.3 is 0 Å². The molecule has 0 saturated heterocycles. The lowest BCUT2D eigenvalue weighted by molar-refractivity contribution is 0.283. The molecule has 3 rings (SSSR count). The van der Waals surface area contributed by atoms with E-state index in [4.69, 9.17) is 4.98 Å². The van der Waals surface area contributed by atoms with Crippen molar-refractivity contribution in [1.29, 1.82) is 0 Å². The molecular formula is C17H25N3. The quantitative estimate of drug-likeness (QED) is 0.925. The van der Waals surface area contributed by atoms with Gasteiger partial charge in [-0.2, -0.15) is 0 Å². The van der Waals surface area contributed by atoms with Crippen LogP contribution in [0.25, 0.3) is 11.0 Å². The number of nitrogens with zero attached hydrogens (tertiary/aromatic N) is 2. The average molecular weight is 271 g/mol. The number of rotatable bonds is 4. The van der Waals surface area contributed by atoms with E-state index in [0.29, 0.717) is 6.04 Å². The van der Waals surface area contributed by atoms with Gasteiger partial charge in [0.05, 0.1) is 11.0 Å². The predicted octanol–water partition coefficient (Wildman–Crippen LogP) is 3.28. The predicted molar refractivity (Wildman–Crippen MR) is 83.8 cm³/mol. The topological polar surface area (TPSA) is 29.9 Å². The highest BCUT2D eigenvalue weighted by Gasteiger charge is 2.23. The lowest BCUT2D eigenvalue weighted by atomic mass is 9.83. The van der Waals surface area contributed by atoms with E-state index in [2.05, 4.69) is 48.1 Å². The Kier molecular flexibility index (Phi) is 4.06. The van der Waals surface area contributed by atoms with E-state index in [1.807, 2.05) is 0 Å². The number of aromatic nitrogens is 2. The van der Waals surface area contributed by atoms with E-state index < -0.39 is 0 Å². The molecule has 0 radical (unpaired) electrons. The van der Waals surface area contributed by atoms with E-state index in [0.717, 1.165) is 24.4 Å². The number of nitrogens with one attached hydrogen (secondary N) is 1. The summed E-state index contributed by atoms with van der Waals surface area (Å²) in [6, 6.07) is 9.15. The molecule has 2 unspecified atom stereocenters. The fraction of sp³-hybridized carbons (Fsp3) is 0.588. The molecule has 0 bridgehead atoms. The van der Waals surface area contributed by atoms with E-state index in [9.17, 15) is 0 Å². The molecule has 1 saturated carbocycles. The van der Waals surface area contributed by atoms with Crippen LogP contribution in [0.3, 0.4) is 0 Å². The molecule has 1 heterocycles. The molecule has 1 aromatic heterocycles. The first kappa shape index (κ1) is 13.6. The third-order valence-corrected chi connectivity index (χ3v) is 4.63. The Morgan fingerprint density at radius 1 is 1.30 bits per heavy atom. The van der Waals surface area contributed by atoms with E-state index >= 15 is 0 Å². The fourth-order valence-electron chi connectivity index (χ4n) is 3.59. The van der Waals surface area contributed by atoms with Crippen molar-refractivity contribution in [2.75, 3.05) is 6.54 Å². The van der Waals surface area contributed by atoms with Crippen LogP contribution in [0, 0.1) is 5.92 Å². The molecule has 1 aliphatic carbocycles. The van der Waals surface area contributed by atoms with Crippen LogP contribution in [0.1, 0.15) is 38.4 Å². The summed E-state index contributed by atoms with van der Waals surface area (Å²) in [6.07, 6.45) is 6.47. The lowest BCUT2D eigenvalue weighted by Crippen LogP contribution is -2.34. The standard InChI is InChI=1S/C17H25N3/c1-3-18-14-8-6-7-13(11-14)12-17-19-15-9-4-5-10-16(15)20(17)2/h4-5,9-10,13-14,18H,3,6-8,11-12H2,1-2H3. The zero-order valence-electron chi connectivity index (χ0n) is 12.6. The molecule has 1 fully saturated rings. The zero-order valence-corrected chi connectivity index (χ0v) is 12.6. The van der Waals surface area contributed by atoms with Gasteiger partial charge in [0.2, 0.25) is 0 Å². The molecule has 2 aromatic rings. The summed E-state index contributed by atoms with van der Waals surface area (Å²) >= 11 is 0. The van der Waals surface area contributed by atoms with Crippen molar-refractivity contribution in [2.24, 2.45) is 13.0 Å². The smallest absolute Gasteiger partial charge is 0.109 e. The monoisotopic (exact) mass is 271 g/mol. The van der Waals surface area contributed by atoms with Crippen LogP contribution in [-0.2, 0) is 13.5 Å². The number of hydrogen-bond acceptors (Lipinski definition) is 2. The number of aryl methyl sites for hydroxylation is 1. The Hall–Kier alpha value is -1.35. The zero-order chi connectivity index (χ0) is 13.9. The van der Waals surface area contributed by atoms with Gasteiger partial charge in [0.25, 0.3) is 0 Å². The Morgan fingerprint density at radius 2 is 2.15 bits per heavy atom. The lowest BCUT2D eigenvalue weighted by Gasteiger charge is -2.29. The Morgan fingerprint density at radius 3 is 2.95 bits per heavy atom. The van der Waals surface area contributed by atoms with Gasteiger partial charge in [-0.05, 0) is 43.9 Å². The molecule has 3 nitrogen and oxygen atoms in total. The van der Waals surface area contributed by atoms with Crippen LogP contribution < -0.4 is 5.32 Å². The maximum absolute atomic E-state index is 4.82. The maximum atomic E-state index is 4.82. The van der Waals surface area contributed by atoms with Gasteiger partial charge in [0, 0.05) is 19.5 Å². The summed E-state index contributed by atoms with van der Waals surface area (Å²) < 4.78 is 2.27. The number of para-hydroxylation sites is 2. The molecule has 0 aliphatic heterocycles. The van der Waals surface area contributed by atoms with Gasteiger partial charge in [-0.3, -0.25) is 0 Å². The van der Waals surface area contributed by atoms with Gasteiger partial charge in [-0.15, -0.1) is 0 Å². The summed E-state index contributed by atoms with van der Waals surface area (Å²) in [5.74, 6) is 2.02. The summed E-state index contributed by atoms with van der Waals surface area (Å²) in [6.45, 7) is 3.29. The van der Waals surface area contributed by atoms with Crippen molar-refractivity contribution < 1.29 is 0 Å². The number of imidazole rings is 1. The third kappa shape index (κ3) is 2.73. The summed E-state index contributed by atoms with van der Waals surface area (Å²) in [5.41, 5.74) is 2.38. The Labute approximate surface area is 121 Å². The van der Waals surface area contributed by atoms with Crippen molar-refractivity contribution in [1.82, 2.24) is 14.9 Å². The molecule has 1 aromatic carbocycles. The van der Waals surface area contributed by atoms with Gasteiger partial charge < -0.3 is 9.88 Å². The summed E-state index contributed by atoms with van der Waals surface area (Å²) in [4.78, 5) is 4.82. The van der Waals surface area contributed by atoms with E-state index in [-0.39, 0.29) is 0 Å². The summed E-state index contributed by atoms with van der Waals surface area (Å²) in [5, 5.41) is 3.61. The van der Waals surface area contributed by atoms with Crippen molar-refractivity contribution in [2.45, 2.75) is 45.1 Å². The minimum atomic E-state index is 0.716. The SMILES string of the molecule is CCNC1CCCC(Cc2nc3ccccc3n2C)C1. The van der Waals surface area contributed by atoms with Crippen LogP contribution in [0.2, 0.25) is 0 Å². The molecule has 3 heteroatoms. The molecule has 20 heavy (non-hydrogen) atoms. The molecular weight excluding hydrogens is 246 g/mol. The number of hydrogen-bond donors (Lipinski definition) is 1. The summed E-state index contributed by atoms with van der Waals surface area (Å²) in [7, 11) is 2.15. The number of benzene rings is 1. The first-order chi connectivity index (χ1) is 9.78. The highest BCUT2D eigenvalue weighted by atomic mass is 15.1. The molecule has 1 aliphatic rings. The highest BCUT2D eigenvalue weighted by Crippen LogP contribution is 2.28. The van der Waals surface area contributed by atoms with Crippen LogP contribution in [0.15, 0.2) is 24.3 Å². The van der Waals surface area contributed by atoms with Gasteiger partial charge in [0.15, 0.2) is 0 Å². The molecule has 1 N–H and O–H groups in total. The van der Waals surface area contributed by atoms with Crippen molar-refractivity contribution in [3.63, 3.8) is 0 Å². The molecule has 0 spiro atoms. The second-order valence-electron chi connectivity index (χ2n) is 6.07. The minimum absolute atomic E-state index is 0.716. The van der Waals surface area contributed by atoms with Gasteiger partial charge in [-0.1, -0.05) is 25.5 Å². The largest absolute Gasteiger partial charge is 0.331 e. The maximum Gasteiger partial charge on any atom is 0.109 e. The van der Waals surface area contributed by atoms with Crippen LogP contribution in [-0.4, -0.2) is 22.1 Å². The van der Waals surface area contributed by atoms with Gasteiger partial charge in [0.1, 0.15) is 5.82 Å². The second-order valence-corrected chi connectivity index (χ2v) is 6.07. The van der Waals surface area contributed by atoms with E-state index in [1.54, 1.807) is 0 Å². The first-order valence-corrected chi connectivity index (χ1v) is 7.91. The fourth-order valence-corrected chi connectivity index (χ4v) is 3.59. The van der Waals surface area contributed by atoms with Crippen molar-refractivity contribution in [3.05, 3.63) is 30.1 Å². The number of fused-ring (bicyclic) bond motifs is 1. The van der Waals surface area contributed by atoms with E-state index in [1.165, 1.54) is 37.0 Å². The van der Waals surface area contributed by atoms with Crippen molar-refractivity contribution in [3.8, 4) is 0 Å².